The lowest BCUT2D eigenvalue weighted by molar-refractivity contribution is 0.276. The summed E-state index contributed by atoms with van der Waals surface area (Å²) in [6.45, 7) is 4.11. The van der Waals surface area contributed by atoms with Crippen LogP contribution >= 0.6 is 11.3 Å². The minimum absolute atomic E-state index is 0.114. The topological polar surface area (TPSA) is 77.8 Å². The predicted octanol–water partition coefficient (Wildman–Crippen LogP) is 2.19. The minimum atomic E-state index is -0.163. The van der Waals surface area contributed by atoms with Gasteiger partial charge in [0.25, 0.3) is 0 Å². The first kappa shape index (κ1) is 12.7. The number of hydrogen-bond donors (Lipinski definition) is 1. The first-order chi connectivity index (χ1) is 9.08. The number of thiazole rings is 1. The van der Waals surface area contributed by atoms with E-state index in [2.05, 4.69) is 22.0 Å². The molecule has 0 bridgehead atoms. The maximum atomic E-state index is 6.17. The van der Waals surface area contributed by atoms with Gasteiger partial charge in [-0.3, -0.25) is 0 Å². The fourth-order valence-electron chi connectivity index (χ4n) is 2.64. The van der Waals surface area contributed by atoms with Crippen LogP contribution in [0, 0.1) is 6.92 Å². The second-order valence-electron chi connectivity index (χ2n) is 5.49. The summed E-state index contributed by atoms with van der Waals surface area (Å²) in [6, 6.07) is 0.114. The fraction of sp³-hybridized carbons (Fsp3) is 0.615. The van der Waals surface area contributed by atoms with Crippen molar-refractivity contribution in [1.29, 1.82) is 0 Å². The van der Waals surface area contributed by atoms with Crippen molar-refractivity contribution in [2.75, 3.05) is 0 Å². The third-order valence-electron chi connectivity index (χ3n) is 3.96. The van der Waals surface area contributed by atoms with Crippen LogP contribution in [0.15, 0.2) is 9.90 Å². The van der Waals surface area contributed by atoms with E-state index in [0.717, 1.165) is 30.0 Å². The molecule has 0 aliphatic heterocycles. The Kier molecular flexibility index (Phi) is 3.14. The Morgan fingerprint density at radius 3 is 3.00 bits per heavy atom. The van der Waals surface area contributed by atoms with E-state index < -0.39 is 0 Å². The molecule has 0 amide bonds. The molecule has 3 rings (SSSR count). The van der Waals surface area contributed by atoms with Gasteiger partial charge in [-0.1, -0.05) is 11.6 Å². The van der Waals surface area contributed by atoms with Crippen molar-refractivity contribution in [2.24, 2.45) is 5.73 Å². The van der Waals surface area contributed by atoms with E-state index in [9.17, 15) is 0 Å². The van der Waals surface area contributed by atoms with Gasteiger partial charge in [0.15, 0.2) is 5.82 Å². The molecule has 1 saturated carbocycles. The van der Waals surface area contributed by atoms with Crippen LogP contribution in [0.5, 0.6) is 0 Å². The second-order valence-corrected chi connectivity index (χ2v) is 6.43. The monoisotopic (exact) mass is 278 g/mol. The lowest BCUT2D eigenvalue weighted by atomic mass is 9.85. The maximum absolute atomic E-state index is 6.17. The number of hydrogen-bond acceptors (Lipinski definition) is 6. The van der Waals surface area contributed by atoms with E-state index in [-0.39, 0.29) is 11.5 Å². The van der Waals surface area contributed by atoms with Crippen LogP contribution in [0.25, 0.3) is 0 Å². The van der Waals surface area contributed by atoms with Gasteiger partial charge in [-0.2, -0.15) is 4.98 Å². The lowest BCUT2D eigenvalue weighted by Crippen LogP contribution is -2.38. The molecule has 0 radical (unpaired) electrons. The molecule has 2 N–H and O–H groups in total. The fourth-order valence-corrected chi connectivity index (χ4v) is 3.40. The van der Waals surface area contributed by atoms with Gasteiger partial charge in [-0.15, -0.1) is 11.3 Å². The Balaban J connectivity index is 1.80. The summed E-state index contributed by atoms with van der Waals surface area (Å²) in [4.78, 5) is 8.95. The van der Waals surface area contributed by atoms with E-state index in [1.807, 2.05) is 12.3 Å². The largest absolute Gasteiger partial charge is 0.339 e. The summed E-state index contributed by atoms with van der Waals surface area (Å²) in [5, 5.41) is 7.12. The van der Waals surface area contributed by atoms with Crippen molar-refractivity contribution in [3.63, 3.8) is 0 Å². The van der Waals surface area contributed by atoms with Gasteiger partial charge in [0.2, 0.25) is 5.89 Å². The minimum Gasteiger partial charge on any atom is -0.339 e. The van der Waals surface area contributed by atoms with Crippen LogP contribution in [0.4, 0.5) is 0 Å². The Morgan fingerprint density at radius 2 is 2.37 bits per heavy atom. The van der Waals surface area contributed by atoms with Crippen LogP contribution in [-0.4, -0.2) is 21.2 Å². The second kappa shape index (κ2) is 4.68. The molecule has 2 aromatic heterocycles. The summed E-state index contributed by atoms with van der Waals surface area (Å²) in [5.74, 6) is 1.38. The van der Waals surface area contributed by atoms with Crippen LogP contribution in [0.1, 0.15) is 48.6 Å². The van der Waals surface area contributed by atoms with Crippen LogP contribution in [0.3, 0.4) is 0 Å². The zero-order valence-electron chi connectivity index (χ0n) is 11.2. The standard InChI is InChI=1S/C13H18N4OS/c1-8-7-19-11(15-8)6-10-16-12(18-17-10)13(2)5-3-4-9(13)14/h7,9H,3-6,14H2,1-2H3. The summed E-state index contributed by atoms with van der Waals surface area (Å²) in [5.41, 5.74) is 7.05. The average molecular weight is 278 g/mol. The van der Waals surface area contributed by atoms with E-state index >= 15 is 0 Å². The normalized spacial score (nSPS) is 27.0. The molecule has 2 heterocycles. The molecule has 1 aliphatic carbocycles. The van der Waals surface area contributed by atoms with Crippen LogP contribution in [0.2, 0.25) is 0 Å². The number of rotatable bonds is 3. The quantitative estimate of drug-likeness (QED) is 0.931. The summed E-state index contributed by atoms with van der Waals surface area (Å²) < 4.78 is 5.44. The molecular weight excluding hydrogens is 260 g/mol. The molecule has 2 unspecified atom stereocenters. The third-order valence-corrected chi connectivity index (χ3v) is 4.93. The predicted molar refractivity (Wildman–Crippen MR) is 73.1 cm³/mol. The van der Waals surface area contributed by atoms with Crippen molar-refractivity contribution in [1.82, 2.24) is 15.1 Å². The van der Waals surface area contributed by atoms with Crippen LogP contribution in [-0.2, 0) is 11.8 Å². The summed E-state index contributed by atoms with van der Waals surface area (Å²) in [6.07, 6.45) is 3.81. The highest BCUT2D eigenvalue weighted by molar-refractivity contribution is 7.09. The Labute approximate surface area is 116 Å². The molecule has 1 aliphatic rings. The van der Waals surface area contributed by atoms with Gasteiger partial charge in [-0.05, 0) is 26.7 Å². The molecule has 6 heteroatoms. The summed E-state index contributed by atoms with van der Waals surface area (Å²) >= 11 is 1.63. The Bertz CT molecular complexity index is 579. The highest BCUT2D eigenvalue weighted by Gasteiger charge is 2.42. The Hall–Kier alpha value is -1.27. The average Bonchev–Trinajstić information content (AvgIpc) is 3.05. The molecule has 1 fully saturated rings. The maximum Gasteiger partial charge on any atom is 0.234 e. The summed E-state index contributed by atoms with van der Waals surface area (Å²) in [7, 11) is 0. The van der Waals surface area contributed by atoms with Crippen LogP contribution < -0.4 is 5.73 Å². The molecule has 102 valence electrons. The van der Waals surface area contributed by atoms with Gasteiger partial charge in [0, 0.05) is 17.1 Å². The number of aromatic nitrogens is 3. The first-order valence-corrected chi connectivity index (χ1v) is 7.45. The molecule has 5 nitrogen and oxygen atoms in total. The number of nitrogens with zero attached hydrogens (tertiary/aromatic N) is 3. The van der Waals surface area contributed by atoms with Gasteiger partial charge >= 0.3 is 0 Å². The van der Waals surface area contributed by atoms with Crippen molar-refractivity contribution >= 4 is 11.3 Å². The highest BCUT2D eigenvalue weighted by Crippen LogP contribution is 2.38. The third kappa shape index (κ3) is 2.30. The zero-order valence-corrected chi connectivity index (χ0v) is 12.0. The van der Waals surface area contributed by atoms with E-state index in [4.69, 9.17) is 10.3 Å². The van der Waals surface area contributed by atoms with E-state index in [1.165, 1.54) is 0 Å². The first-order valence-electron chi connectivity index (χ1n) is 6.57. The van der Waals surface area contributed by atoms with Gasteiger partial charge < -0.3 is 10.3 Å². The van der Waals surface area contributed by atoms with Gasteiger partial charge in [0.1, 0.15) is 5.01 Å². The molecule has 0 saturated heterocycles. The molecule has 0 spiro atoms. The zero-order chi connectivity index (χ0) is 13.5. The molecule has 2 atom stereocenters. The van der Waals surface area contributed by atoms with Crippen molar-refractivity contribution < 1.29 is 4.52 Å². The lowest BCUT2D eigenvalue weighted by Gasteiger charge is -2.23. The molecular formula is C13H18N4OS. The smallest absolute Gasteiger partial charge is 0.234 e. The molecule has 2 aromatic rings. The van der Waals surface area contributed by atoms with Crippen molar-refractivity contribution in [3.8, 4) is 0 Å². The Morgan fingerprint density at radius 1 is 1.53 bits per heavy atom. The van der Waals surface area contributed by atoms with Crippen molar-refractivity contribution in [2.45, 2.75) is 51.0 Å². The highest BCUT2D eigenvalue weighted by atomic mass is 32.1. The van der Waals surface area contributed by atoms with E-state index in [0.29, 0.717) is 18.1 Å². The van der Waals surface area contributed by atoms with Gasteiger partial charge in [0.05, 0.1) is 11.8 Å². The number of aryl methyl sites for hydroxylation is 1. The number of nitrogens with two attached hydrogens (primary N) is 1. The molecule has 0 aromatic carbocycles. The molecule has 19 heavy (non-hydrogen) atoms. The van der Waals surface area contributed by atoms with Gasteiger partial charge in [-0.25, -0.2) is 4.98 Å². The van der Waals surface area contributed by atoms with E-state index in [1.54, 1.807) is 11.3 Å². The SMILES string of the molecule is Cc1csc(Cc2noc(C3(C)CCCC3N)n2)n1. The van der Waals surface area contributed by atoms with Crippen molar-refractivity contribution in [3.05, 3.63) is 27.8 Å².